The predicted octanol–water partition coefficient (Wildman–Crippen LogP) is 1.44. The van der Waals surface area contributed by atoms with Gasteiger partial charge in [-0.25, -0.2) is 4.79 Å². The quantitative estimate of drug-likeness (QED) is 0.852. The van der Waals surface area contributed by atoms with Gasteiger partial charge < -0.3 is 25.4 Å². The molecule has 126 valence electrons. The van der Waals surface area contributed by atoms with Crippen LogP contribution in [0.3, 0.4) is 0 Å². The van der Waals surface area contributed by atoms with E-state index in [9.17, 15) is 9.59 Å². The number of hydrogen-bond acceptors (Lipinski definition) is 5. The third-order valence-corrected chi connectivity index (χ3v) is 3.88. The normalized spacial score (nSPS) is 16.1. The molecule has 0 saturated carbocycles. The number of benzene rings is 1. The van der Waals surface area contributed by atoms with E-state index in [2.05, 4.69) is 4.90 Å². The molecule has 1 aliphatic heterocycles. The summed E-state index contributed by atoms with van der Waals surface area (Å²) in [5.74, 6) is -0.917. The molecule has 0 bridgehead atoms. The highest BCUT2D eigenvalue weighted by molar-refractivity contribution is 5.70. The van der Waals surface area contributed by atoms with Crippen LogP contribution in [0.4, 0.5) is 10.5 Å². The van der Waals surface area contributed by atoms with Gasteiger partial charge in [0.1, 0.15) is 0 Å². The Hall–Kier alpha value is -2.28. The fraction of sp³-hybridized carbons (Fsp3) is 0.500. The molecular formula is C16H23N3O4. The number of aliphatic carboxylic acids is 1. The van der Waals surface area contributed by atoms with E-state index in [4.69, 9.17) is 15.6 Å². The van der Waals surface area contributed by atoms with E-state index < -0.39 is 12.0 Å². The average molecular weight is 321 g/mol. The Balaban J connectivity index is 2.06. The summed E-state index contributed by atoms with van der Waals surface area (Å²) < 4.78 is 5.01. The number of nitrogens with two attached hydrogens (primary N) is 1. The van der Waals surface area contributed by atoms with Crippen LogP contribution in [0.5, 0.6) is 0 Å². The average Bonchev–Trinajstić information content (AvgIpc) is 2.54. The van der Waals surface area contributed by atoms with Gasteiger partial charge in [0.15, 0.2) is 0 Å². The zero-order chi connectivity index (χ0) is 16.8. The minimum absolute atomic E-state index is 0.111. The third-order valence-electron chi connectivity index (χ3n) is 3.88. The van der Waals surface area contributed by atoms with E-state index in [0.29, 0.717) is 32.8 Å². The number of carbonyl (C=O) groups is 2. The lowest BCUT2D eigenvalue weighted by Gasteiger charge is -2.36. The summed E-state index contributed by atoms with van der Waals surface area (Å²) in [6.45, 7) is 4.62. The Bertz CT molecular complexity index is 556. The van der Waals surface area contributed by atoms with Gasteiger partial charge in [-0.2, -0.15) is 0 Å². The van der Waals surface area contributed by atoms with Crippen LogP contribution in [0, 0.1) is 0 Å². The number of carboxylic acids is 1. The van der Waals surface area contributed by atoms with Crippen LogP contribution in [0.15, 0.2) is 24.3 Å². The maximum Gasteiger partial charge on any atom is 0.409 e. The molecule has 1 aromatic carbocycles. The number of hydrogen-bond donors (Lipinski definition) is 2. The van der Waals surface area contributed by atoms with Crippen LogP contribution < -0.4 is 10.6 Å². The Kier molecular flexibility index (Phi) is 5.81. The zero-order valence-electron chi connectivity index (χ0n) is 13.3. The van der Waals surface area contributed by atoms with Gasteiger partial charge in [-0.3, -0.25) is 4.79 Å². The Morgan fingerprint density at radius 3 is 2.52 bits per heavy atom. The second kappa shape index (κ2) is 7.82. The van der Waals surface area contributed by atoms with E-state index >= 15 is 0 Å². The second-order valence-corrected chi connectivity index (χ2v) is 5.44. The minimum atomic E-state index is -0.917. The van der Waals surface area contributed by atoms with Gasteiger partial charge in [-0.15, -0.1) is 0 Å². The molecule has 1 aliphatic rings. The van der Waals surface area contributed by atoms with Gasteiger partial charge in [-0.1, -0.05) is 18.2 Å². The zero-order valence-corrected chi connectivity index (χ0v) is 13.3. The maximum absolute atomic E-state index is 11.7. The van der Waals surface area contributed by atoms with Crippen molar-refractivity contribution in [2.24, 2.45) is 5.73 Å². The summed E-state index contributed by atoms with van der Waals surface area (Å²) in [6.07, 6.45) is -0.400. The van der Waals surface area contributed by atoms with Crippen molar-refractivity contribution in [1.82, 2.24) is 4.90 Å². The van der Waals surface area contributed by atoms with Crippen molar-refractivity contribution in [1.29, 1.82) is 0 Å². The van der Waals surface area contributed by atoms with Gasteiger partial charge in [-0.05, 0) is 18.6 Å². The van der Waals surface area contributed by atoms with Crippen LogP contribution in [-0.2, 0) is 9.53 Å². The predicted molar refractivity (Wildman–Crippen MR) is 86.4 cm³/mol. The van der Waals surface area contributed by atoms with Gasteiger partial charge in [0.25, 0.3) is 0 Å². The number of carboxylic acid groups (broad SMARTS) is 1. The molecule has 7 heteroatoms. The summed E-state index contributed by atoms with van der Waals surface area (Å²) in [7, 11) is 0. The number of ether oxygens (including phenoxy) is 1. The lowest BCUT2D eigenvalue weighted by atomic mass is 10.0. The summed E-state index contributed by atoms with van der Waals surface area (Å²) >= 11 is 0. The summed E-state index contributed by atoms with van der Waals surface area (Å²) in [5.41, 5.74) is 7.78. The first-order valence-corrected chi connectivity index (χ1v) is 7.76. The van der Waals surface area contributed by atoms with Crippen LogP contribution in [0.2, 0.25) is 0 Å². The first-order valence-electron chi connectivity index (χ1n) is 7.76. The van der Waals surface area contributed by atoms with E-state index in [1.54, 1.807) is 11.8 Å². The smallest absolute Gasteiger partial charge is 0.409 e. The minimum Gasteiger partial charge on any atom is -0.481 e. The highest BCUT2D eigenvalue weighted by atomic mass is 16.6. The van der Waals surface area contributed by atoms with Crippen LogP contribution in [0.1, 0.15) is 24.9 Å². The van der Waals surface area contributed by atoms with Crippen LogP contribution in [-0.4, -0.2) is 54.9 Å². The largest absolute Gasteiger partial charge is 0.481 e. The van der Waals surface area contributed by atoms with E-state index in [1.165, 1.54) is 0 Å². The molecule has 1 aromatic rings. The van der Waals surface area contributed by atoms with Crippen molar-refractivity contribution in [3.8, 4) is 0 Å². The van der Waals surface area contributed by atoms with E-state index in [-0.39, 0.29) is 12.5 Å². The van der Waals surface area contributed by atoms with Crippen molar-refractivity contribution in [2.75, 3.05) is 37.7 Å². The van der Waals surface area contributed by atoms with Gasteiger partial charge in [0, 0.05) is 37.9 Å². The fourth-order valence-electron chi connectivity index (χ4n) is 2.73. The van der Waals surface area contributed by atoms with Crippen molar-refractivity contribution >= 4 is 17.7 Å². The molecule has 23 heavy (non-hydrogen) atoms. The molecule has 0 radical (unpaired) electrons. The van der Waals surface area contributed by atoms with Gasteiger partial charge in [0.2, 0.25) is 0 Å². The Morgan fingerprint density at radius 1 is 1.26 bits per heavy atom. The third kappa shape index (κ3) is 4.35. The van der Waals surface area contributed by atoms with Gasteiger partial charge >= 0.3 is 12.1 Å². The standard InChI is InChI=1S/C16H23N3O4/c1-2-23-16(22)19-9-7-18(8-10-19)14-6-4-3-5-12(14)13(17)11-15(20)21/h3-6,13H,2,7-11,17H2,1H3,(H,20,21). The maximum atomic E-state index is 11.7. The molecule has 7 nitrogen and oxygen atoms in total. The molecule has 1 fully saturated rings. The fourth-order valence-corrected chi connectivity index (χ4v) is 2.73. The van der Waals surface area contributed by atoms with E-state index in [1.807, 2.05) is 24.3 Å². The molecule has 0 aliphatic carbocycles. The lowest BCUT2D eigenvalue weighted by molar-refractivity contribution is -0.137. The summed E-state index contributed by atoms with van der Waals surface area (Å²) in [5, 5.41) is 8.94. The first kappa shape index (κ1) is 17.1. The number of anilines is 1. The topological polar surface area (TPSA) is 96.1 Å². The Morgan fingerprint density at radius 2 is 1.91 bits per heavy atom. The van der Waals surface area contributed by atoms with E-state index in [0.717, 1.165) is 11.3 Å². The molecule has 0 spiro atoms. The van der Waals surface area contributed by atoms with Crippen molar-refractivity contribution < 1.29 is 19.4 Å². The SMILES string of the molecule is CCOC(=O)N1CCN(c2ccccc2C(N)CC(=O)O)CC1. The summed E-state index contributed by atoms with van der Waals surface area (Å²) in [6, 6.07) is 7.02. The molecule has 3 N–H and O–H groups in total. The molecule has 1 atom stereocenters. The second-order valence-electron chi connectivity index (χ2n) is 5.44. The number of nitrogens with zero attached hydrogens (tertiary/aromatic N) is 2. The molecule has 2 rings (SSSR count). The number of piperazine rings is 1. The molecular weight excluding hydrogens is 298 g/mol. The number of amides is 1. The molecule has 1 saturated heterocycles. The number of para-hydroxylation sites is 1. The van der Waals surface area contributed by atoms with Gasteiger partial charge in [0.05, 0.1) is 13.0 Å². The lowest BCUT2D eigenvalue weighted by Crippen LogP contribution is -2.49. The van der Waals surface area contributed by atoms with Crippen molar-refractivity contribution in [3.05, 3.63) is 29.8 Å². The highest BCUT2D eigenvalue weighted by Crippen LogP contribution is 2.27. The first-order chi connectivity index (χ1) is 11.0. The van der Waals surface area contributed by atoms with Crippen LogP contribution in [0.25, 0.3) is 0 Å². The van der Waals surface area contributed by atoms with Crippen LogP contribution >= 0.6 is 0 Å². The van der Waals surface area contributed by atoms with Crippen molar-refractivity contribution in [3.63, 3.8) is 0 Å². The number of carbonyl (C=O) groups excluding carboxylic acids is 1. The number of rotatable bonds is 5. The highest BCUT2D eigenvalue weighted by Gasteiger charge is 2.24. The molecule has 0 aromatic heterocycles. The monoisotopic (exact) mass is 321 g/mol. The molecule has 1 amide bonds. The Labute approximate surface area is 135 Å². The molecule has 1 unspecified atom stereocenters. The molecule has 1 heterocycles. The van der Waals surface area contributed by atoms with Crippen molar-refractivity contribution in [2.45, 2.75) is 19.4 Å². The summed E-state index contributed by atoms with van der Waals surface area (Å²) in [4.78, 5) is 26.4.